The molecule has 1 saturated heterocycles. The van der Waals surface area contributed by atoms with Crippen LogP contribution in [0, 0.1) is 13.8 Å². The first kappa shape index (κ1) is 23.9. The van der Waals surface area contributed by atoms with E-state index in [-0.39, 0.29) is 11.8 Å². The highest BCUT2D eigenvalue weighted by Gasteiger charge is 2.35. The number of benzene rings is 3. The molecule has 6 heteroatoms. The zero-order valence-electron chi connectivity index (χ0n) is 21.2. The number of fused-ring (bicyclic) bond motifs is 1. The fraction of sp³-hybridized carbons (Fsp3) is 0.333. The highest BCUT2D eigenvalue weighted by atomic mass is 16.5. The Balaban J connectivity index is 1.30. The minimum absolute atomic E-state index is 0.0438. The normalized spacial score (nSPS) is 15.6. The highest BCUT2D eigenvalue weighted by molar-refractivity contribution is 5.96. The molecule has 1 fully saturated rings. The number of imidazole rings is 1. The molecule has 0 N–H and O–H groups in total. The summed E-state index contributed by atoms with van der Waals surface area (Å²) in [5.41, 5.74) is 5.41. The average Bonchev–Trinajstić information content (AvgIpc) is 3.46. The van der Waals surface area contributed by atoms with Gasteiger partial charge in [0, 0.05) is 37.2 Å². The lowest BCUT2D eigenvalue weighted by Crippen LogP contribution is -2.24. The number of carbonyl (C=O) groups excluding carboxylic acids is 1. The van der Waals surface area contributed by atoms with E-state index in [0.29, 0.717) is 19.6 Å². The maximum atomic E-state index is 13.0. The van der Waals surface area contributed by atoms with Gasteiger partial charge in [-0.15, -0.1) is 0 Å². The van der Waals surface area contributed by atoms with E-state index in [4.69, 9.17) is 14.5 Å². The number of methoxy groups -OCH3 is 1. The number of rotatable bonds is 9. The maximum Gasteiger partial charge on any atom is 0.227 e. The summed E-state index contributed by atoms with van der Waals surface area (Å²) in [6.07, 6.45) is 2.37. The Labute approximate surface area is 212 Å². The summed E-state index contributed by atoms with van der Waals surface area (Å²) < 4.78 is 13.7. The quantitative estimate of drug-likeness (QED) is 0.272. The molecule has 0 spiro atoms. The molecule has 4 aromatic rings. The van der Waals surface area contributed by atoms with Crippen LogP contribution in [0.4, 0.5) is 5.69 Å². The lowest BCUT2D eigenvalue weighted by Gasteiger charge is -2.18. The zero-order valence-corrected chi connectivity index (χ0v) is 21.2. The van der Waals surface area contributed by atoms with E-state index in [2.05, 4.69) is 42.7 Å². The number of anilines is 1. The number of aryl methyl sites for hydroxylation is 2. The van der Waals surface area contributed by atoms with E-state index in [0.717, 1.165) is 53.4 Å². The number of amides is 1. The summed E-state index contributed by atoms with van der Waals surface area (Å²) >= 11 is 0. The molecule has 6 nitrogen and oxygen atoms in total. The van der Waals surface area contributed by atoms with Gasteiger partial charge in [-0.3, -0.25) is 4.79 Å². The minimum atomic E-state index is 0.0438. The fourth-order valence-corrected chi connectivity index (χ4v) is 4.98. The van der Waals surface area contributed by atoms with Gasteiger partial charge in [0.2, 0.25) is 5.91 Å². The predicted octanol–water partition coefficient (Wildman–Crippen LogP) is 6.04. The molecular weight excluding hydrogens is 450 g/mol. The van der Waals surface area contributed by atoms with Crippen LogP contribution in [0.3, 0.4) is 0 Å². The molecule has 3 aromatic carbocycles. The van der Waals surface area contributed by atoms with Gasteiger partial charge in [0.05, 0.1) is 24.8 Å². The standard InChI is InChI=1S/C30H33N3O3/c1-21-10-8-15-28(22(21)2)36-17-7-6-16-32-27-14-5-4-13-26(27)31-30(32)23-18-29(34)33(20-23)24-11-9-12-25(19-24)35-3/h4-5,8-15,19,23H,6-7,16-18,20H2,1-3H3. The fourth-order valence-electron chi connectivity index (χ4n) is 4.98. The Morgan fingerprint density at radius 2 is 1.83 bits per heavy atom. The Kier molecular flexibility index (Phi) is 6.94. The van der Waals surface area contributed by atoms with Crippen molar-refractivity contribution in [2.45, 2.75) is 45.6 Å². The SMILES string of the molecule is COc1cccc(N2CC(c3nc4ccccc4n3CCCCOc3cccc(C)c3C)CC2=O)c1. The van der Waals surface area contributed by atoms with E-state index in [1.165, 1.54) is 11.1 Å². The van der Waals surface area contributed by atoms with Crippen molar-refractivity contribution in [2.24, 2.45) is 0 Å². The molecule has 1 aliphatic rings. The number of nitrogens with zero attached hydrogens (tertiary/aromatic N) is 3. The Hall–Kier alpha value is -3.80. The van der Waals surface area contributed by atoms with Crippen molar-refractivity contribution in [1.29, 1.82) is 0 Å². The van der Waals surface area contributed by atoms with Crippen LogP contribution in [0.2, 0.25) is 0 Å². The summed E-state index contributed by atoms with van der Waals surface area (Å²) in [7, 11) is 1.64. The van der Waals surface area contributed by atoms with Crippen LogP contribution < -0.4 is 14.4 Å². The number of hydrogen-bond acceptors (Lipinski definition) is 4. The second-order valence-corrected chi connectivity index (χ2v) is 9.47. The third kappa shape index (κ3) is 4.81. The Morgan fingerprint density at radius 1 is 1.00 bits per heavy atom. The van der Waals surface area contributed by atoms with Gasteiger partial charge in [-0.05, 0) is 68.1 Å². The smallest absolute Gasteiger partial charge is 0.227 e. The van der Waals surface area contributed by atoms with Crippen LogP contribution in [-0.2, 0) is 11.3 Å². The van der Waals surface area contributed by atoms with E-state index >= 15 is 0 Å². The van der Waals surface area contributed by atoms with Gasteiger partial charge in [-0.1, -0.05) is 30.3 Å². The molecule has 186 valence electrons. The van der Waals surface area contributed by atoms with Gasteiger partial charge in [-0.2, -0.15) is 0 Å². The molecule has 0 aliphatic carbocycles. The monoisotopic (exact) mass is 483 g/mol. The summed E-state index contributed by atoms with van der Waals surface area (Å²) in [5.74, 6) is 2.87. The largest absolute Gasteiger partial charge is 0.497 e. The molecule has 1 atom stereocenters. The molecule has 0 saturated carbocycles. The van der Waals surface area contributed by atoms with E-state index < -0.39 is 0 Å². The van der Waals surface area contributed by atoms with Crippen molar-refractivity contribution >= 4 is 22.6 Å². The maximum absolute atomic E-state index is 13.0. The van der Waals surface area contributed by atoms with Gasteiger partial charge in [0.1, 0.15) is 17.3 Å². The number of para-hydroxylation sites is 2. The summed E-state index contributed by atoms with van der Waals surface area (Å²) in [6.45, 7) is 6.35. The summed E-state index contributed by atoms with van der Waals surface area (Å²) in [4.78, 5) is 19.8. The minimum Gasteiger partial charge on any atom is -0.497 e. The first-order valence-electron chi connectivity index (χ1n) is 12.6. The number of hydrogen-bond donors (Lipinski definition) is 0. The third-order valence-electron chi connectivity index (χ3n) is 7.13. The first-order chi connectivity index (χ1) is 17.5. The lowest BCUT2D eigenvalue weighted by atomic mass is 10.1. The molecular formula is C30H33N3O3. The molecule has 36 heavy (non-hydrogen) atoms. The molecule has 2 heterocycles. The van der Waals surface area contributed by atoms with E-state index in [1.54, 1.807) is 7.11 Å². The lowest BCUT2D eigenvalue weighted by molar-refractivity contribution is -0.117. The van der Waals surface area contributed by atoms with Gasteiger partial charge in [0.15, 0.2) is 0 Å². The highest BCUT2D eigenvalue weighted by Crippen LogP contribution is 2.34. The zero-order chi connectivity index (χ0) is 25.1. The van der Waals surface area contributed by atoms with Gasteiger partial charge < -0.3 is 18.9 Å². The van der Waals surface area contributed by atoms with Crippen molar-refractivity contribution in [3.05, 3.63) is 83.7 Å². The van der Waals surface area contributed by atoms with Crippen molar-refractivity contribution in [2.75, 3.05) is 25.2 Å². The topological polar surface area (TPSA) is 56.6 Å². The second-order valence-electron chi connectivity index (χ2n) is 9.47. The van der Waals surface area contributed by atoms with Crippen LogP contribution in [0.15, 0.2) is 66.7 Å². The van der Waals surface area contributed by atoms with Crippen LogP contribution in [0.1, 0.15) is 42.1 Å². The van der Waals surface area contributed by atoms with Gasteiger partial charge in [0.25, 0.3) is 0 Å². The first-order valence-corrected chi connectivity index (χ1v) is 12.6. The van der Waals surface area contributed by atoms with Crippen molar-refractivity contribution in [3.8, 4) is 11.5 Å². The molecule has 5 rings (SSSR count). The summed E-state index contributed by atoms with van der Waals surface area (Å²) in [6, 6.07) is 22.1. The van der Waals surface area contributed by atoms with E-state index in [9.17, 15) is 4.79 Å². The predicted molar refractivity (Wildman–Crippen MR) is 143 cm³/mol. The number of carbonyl (C=O) groups is 1. The van der Waals surface area contributed by atoms with Crippen molar-refractivity contribution in [3.63, 3.8) is 0 Å². The van der Waals surface area contributed by atoms with Gasteiger partial charge >= 0.3 is 0 Å². The van der Waals surface area contributed by atoms with Crippen LogP contribution in [0.25, 0.3) is 11.0 Å². The number of aromatic nitrogens is 2. The third-order valence-corrected chi connectivity index (χ3v) is 7.13. The molecule has 1 amide bonds. The average molecular weight is 484 g/mol. The molecule has 1 aromatic heterocycles. The van der Waals surface area contributed by atoms with Gasteiger partial charge in [-0.25, -0.2) is 4.98 Å². The van der Waals surface area contributed by atoms with Crippen molar-refractivity contribution in [1.82, 2.24) is 9.55 Å². The molecule has 0 radical (unpaired) electrons. The molecule has 1 aliphatic heterocycles. The summed E-state index contributed by atoms with van der Waals surface area (Å²) in [5, 5.41) is 0. The second kappa shape index (κ2) is 10.4. The number of unbranched alkanes of at least 4 members (excludes halogenated alkanes) is 1. The Morgan fingerprint density at radius 3 is 2.69 bits per heavy atom. The molecule has 1 unspecified atom stereocenters. The van der Waals surface area contributed by atoms with Crippen molar-refractivity contribution < 1.29 is 14.3 Å². The Bertz CT molecular complexity index is 1380. The van der Waals surface area contributed by atoms with Crippen LogP contribution >= 0.6 is 0 Å². The van der Waals surface area contributed by atoms with E-state index in [1.807, 2.05) is 47.4 Å². The molecule has 0 bridgehead atoms. The number of ether oxygens (including phenoxy) is 2. The van der Waals surface area contributed by atoms with Crippen LogP contribution in [-0.4, -0.2) is 35.7 Å². The van der Waals surface area contributed by atoms with Crippen LogP contribution in [0.5, 0.6) is 11.5 Å².